The molecule has 10 heteroatoms. The van der Waals surface area contributed by atoms with Crippen molar-refractivity contribution < 1.29 is 32.3 Å². The van der Waals surface area contributed by atoms with Crippen LogP contribution in [0.5, 0.6) is 0 Å². The van der Waals surface area contributed by atoms with Crippen LogP contribution in [-0.4, -0.2) is 48.5 Å². The predicted octanol–water partition coefficient (Wildman–Crippen LogP) is 3.78. The van der Waals surface area contributed by atoms with Crippen molar-refractivity contribution in [2.45, 2.75) is 24.6 Å². The summed E-state index contributed by atoms with van der Waals surface area (Å²) in [6.07, 6.45) is -6.81. The van der Waals surface area contributed by atoms with Crippen molar-refractivity contribution in [3.8, 4) is 11.1 Å². The largest absolute Gasteiger partial charge is 0.492 e. The second-order valence-electron chi connectivity index (χ2n) is 8.28. The minimum atomic E-state index is -5.31. The number of benzene rings is 3. The van der Waals surface area contributed by atoms with E-state index in [-0.39, 0.29) is 17.7 Å². The molecule has 1 fully saturated rings. The second kappa shape index (κ2) is 9.73. The minimum Gasteiger partial charge on any atom is -0.380 e. The van der Waals surface area contributed by atoms with Gasteiger partial charge in [0, 0.05) is 14.2 Å². The molecule has 1 aliphatic heterocycles. The summed E-state index contributed by atoms with van der Waals surface area (Å²) in [5.41, 5.74) is 6.72. The highest BCUT2D eigenvalue weighted by Crippen LogP contribution is 2.46. The van der Waals surface area contributed by atoms with Gasteiger partial charge in [-0.1, -0.05) is 77.9 Å². The average Bonchev–Trinajstić information content (AvgIpc) is 3.06. The highest BCUT2D eigenvalue weighted by Gasteiger charge is 2.62. The molecule has 1 saturated heterocycles. The molecular formula is C26H24F3N3O4. The van der Waals surface area contributed by atoms with Crippen molar-refractivity contribution in [1.29, 1.82) is 0 Å². The summed E-state index contributed by atoms with van der Waals surface area (Å²) in [4.78, 5) is 31.9. The minimum absolute atomic E-state index is 0.0340. The van der Waals surface area contributed by atoms with Crippen molar-refractivity contribution in [3.05, 3.63) is 95.6 Å². The number of nitrogens with zero attached hydrogens (tertiary/aromatic N) is 2. The number of carbonyl (C=O) groups excluding carboxylic acids is 2. The molecule has 0 aromatic heterocycles. The molecule has 0 saturated carbocycles. The Morgan fingerprint density at radius 2 is 1.61 bits per heavy atom. The number of hydrogen-bond acceptors (Lipinski definition) is 6. The van der Waals surface area contributed by atoms with Crippen LogP contribution in [0.3, 0.4) is 0 Å². The van der Waals surface area contributed by atoms with Gasteiger partial charge in [-0.3, -0.25) is 10.5 Å². The number of hydrogen-bond donors (Lipinski definition) is 1. The normalized spacial score (nSPS) is 20.6. The average molecular weight is 499 g/mol. The highest BCUT2D eigenvalue weighted by atomic mass is 19.4. The van der Waals surface area contributed by atoms with Gasteiger partial charge in [0.05, 0.1) is 6.61 Å². The van der Waals surface area contributed by atoms with Crippen molar-refractivity contribution in [3.63, 3.8) is 0 Å². The highest BCUT2D eigenvalue weighted by molar-refractivity contribution is 5.94. The summed E-state index contributed by atoms with van der Waals surface area (Å²) in [6.45, 7) is 0.0340. The lowest BCUT2D eigenvalue weighted by Crippen LogP contribution is -2.54. The Kier molecular flexibility index (Phi) is 6.85. The molecule has 2 N–H and O–H groups in total. The maximum atomic E-state index is 14.0. The fourth-order valence-corrected chi connectivity index (χ4v) is 4.41. The Labute approximate surface area is 205 Å². The number of halogens is 3. The first-order valence-corrected chi connectivity index (χ1v) is 11.0. The first-order valence-electron chi connectivity index (χ1n) is 11.0. The van der Waals surface area contributed by atoms with Gasteiger partial charge in [0.25, 0.3) is 5.91 Å². The first-order chi connectivity index (χ1) is 17.1. The molecule has 3 aromatic rings. The summed E-state index contributed by atoms with van der Waals surface area (Å²) >= 11 is 0. The summed E-state index contributed by atoms with van der Waals surface area (Å²) in [6, 6.07) is 22.6. The van der Waals surface area contributed by atoms with Gasteiger partial charge in [-0.05, 0) is 33.9 Å². The van der Waals surface area contributed by atoms with Crippen LogP contribution in [0.4, 0.5) is 13.2 Å². The Hall–Kier alpha value is -3.73. The van der Waals surface area contributed by atoms with E-state index in [2.05, 4.69) is 0 Å². The van der Waals surface area contributed by atoms with Gasteiger partial charge < -0.3 is 14.5 Å². The number of hydroxylamine groups is 2. The fraction of sp³-hybridized carbons (Fsp3) is 0.231. The van der Waals surface area contributed by atoms with Crippen LogP contribution in [0, 0.1) is 0 Å². The Morgan fingerprint density at radius 3 is 2.19 bits per heavy atom. The second-order valence-corrected chi connectivity index (χ2v) is 8.28. The lowest BCUT2D eigenvalue weighted by atomic mass is 9.78. The third-order valence-corrected chi connectivity index (χ3v) is 6.11. The van der Waals surface area contributed by atoms with Crippen LogP contribution in [0.2, 0.25) is 0 Å². The molecular weight excluding hydrogens is 475 g/mol. The van der Waals surface area contributed by atoms with Crippen molar-refractivity contribution in [1.82, 2.24) is 9.96 Å². The van der Waals surface area contributed by atoms with E-state index < -0.39 is 29.9 Å². The van der Waals surface area contributed by atoms with E-state index in [4.69, 9.17) is 15.3 Å². The lowest BCUT2D eigenvalue weighted by molar-refractivity contribution is -0.260. The van der Waals surface area contributed by atoms with Gasteiger partial charge in [0.15, 0.2) is 11.8 Å². The number of nitrogens with two attached hydrogens (primary N) is 1. The van der Waals surface area contributed by atoms with Crippen LogP contribution in [0.25, 0.3) is 11.1 Å². The molecule has 188 valence electrons. The van der Waals surface area contributed by atoms with Gasteiger partial charge in [-0.25, -0.2) is 4.79 Å². The molecule has 0 bridgehead atoms. The van der Waals surface area contributed by atoms with Gasteiger partial charge >= 0.3 is 12.1 Å². The Bertz CT molecular complexity index is 1250. The zero-order valence-electron chi connectivity index (χ0n) is 19.5. The zero-order valence-corrected chi connectivity index (χ0v) is 19.5. The van der Waals surface area contributed by atoms with E-state index in [1.807, 2.05) is 36.4 Å². The number of rotatable bonds is 6. The standard InChI is InChI=1S/C26H24F3N3O4/c1-31-22(33)25(20-11-7-4-8-12-20,32(24(31)30)36-23(34)26(27,28)29)21-15-18(13-14-19(21)16-35-2)17-9-5-3-6-10-17/h3-15,24H,16,30H2,1-2H3. The molecule has 0 spiro atoms. The van der Waals surface area contributed by atoms with Crippen LogP contribution in [0.15, 0.2) is 78.9 Å². The zero-order chi connectivity index (χ0) is 26.1. The number of methoxy groups -OCH3 is 1. The Balaban J connectivity index is 2.05. The molecule has 3 aromatic carbocycles. The molecule has 0 aliphatic carbocycles. The maximum absolute atomic E-state index is 14.0. The fourth-order valence-electron chi connectivity index (χ4n) is 4.41. The summed E-state index contributed by atoms with van der Waals surface area (Å²) < 4.78 is 45.3. The van der Waals surface area contributed by atoms with Crippen LogP contribution in [-0.2, 0) is 31.3 Å². The quantitative estimate of drug-likeness (QED) is 0.556. The summed E-state index contributed by atoms with van der Waals surface area (Å²) in [5, 5.41) is 0.629. The Morgan fingerprint density at radius 1 is 1.00 bits per heavy atom. The molecule has 2 atom stereocenters. The number of carbonyl (C=O) groups is 2. The molecule has 7 nitrogen and oxygen atoms in total. The maximum Gasteiger partial charge on any atom is 0.492 e. The number of likely N-dealkylation sites (N-methyl/N-ethyl adjacent to an activating group) is 1. The molecule has 1 aliphatic rings. The van der Waals surface area contributed by atoms with E-state index in [0.29, 0.717) is 16.2 Å². The summed E-state index contributed by atoms with van der Waals surface area (Å²) in [5.74, 6) is -3.16. The third-order valence-electron chi connectivity index (χ3n) is 6.11. The van der Waals surface area contributed by atoms with Gasteiger partial charge in [-0.15, -0.1) is 0 Å². The molecule has 1 heterocycles. The van der Waals surface area contributed by atoms with E-state index >= 15 is 0 Å². The van der Waals surface area contributed by atoms with Gasteiger partial charge in [-0.2, -0.15) is 13.2 Å². The third kappa shape index (κ3) is 4.23. The molecule has 0 radical (unpaired) electrons. The monoisotopic (exact) mass is 499 g/mol. The molecule has 4 rings (SSSR count). The molecule has 2 unspecified atom stereocenters. The number of amides is 1. The summed E-state index contributed by atoms with van der Waals surface area (Å²) in [7, 11) is 2.79. The van der Waals surface area contributed by atoms with Crippen LogP contribution < -0.4 is 5.73 Å². The van der Waals surface area contributed by atoms with E-state index in [0.717, 1.165) is 10.5 Å². The van der Waals surface area contributed by atoms with Crippen LogP contribution in [0.1, 0.15) is 16.7 Å². The van der Waals surface area contributed by atoms with Crippen molar-refractivity contribution in [2.24, 2.45) is 5.73 Å². The van der Waals surface area contributed by atoms with Crippen LogP contribution >= 0.6 is 0 Å². The molecule has 1 amide bonds. The number of ether oxygens (including phenoxy) is 1. The van der Waals surface area contributed by atoms with Gasteiger partial charge in [0.1, 0.15) is 0 Å². The number of alkyl halides is 3. The van der Waals surface area contributed by atoms with Gasteiger partial charge in [0.2, 0.25) is 0 Å². The van der Waals surface area contributed by atoms with Crippen molar-refractivity contribution >= 4 is 11.9 Å². The van der Waals surface area contributed by atoms with E-state index in [1.54, 1.807) is 42.5 Å². The SMILES string of the molecule is COCc1ccc(-c2ccccc2)cc1C1(c2ccccc2)C(=O)N(C)C(N)N1OC(=O)C(F)(F)F. The lowest BCUT2D eigenvalue weighted by Gasteiger charge is -2.37. The smallest absolute Gasteiger partial charge is 0.380 e. The first kappa shape index (κ1) is 25.4. The van der Waals surface area contributed by atoms with Crippen molar-refractivity contribution in [2.75, 3.05) is 14.2 Å². The topological polar surface area (TPSA) is 85.1 Å². The predicted molar refractivity (Wildman–Crippen MR) is 125 cm³/mol. The van der Waals surface area contributed by atoms with E-state index in [9.17, 15) is 22.8 Å². The molecule has 36 heavy (non-hydrogen) atoms. The van der Waals surface area contributed by atoms with E-state index in [1.165, 1.54) is 14.2 Å².